The molecule has 2 heterocycles. The Labute approximate surface area is 452 Å². The molecule has 0 saturated carbocycles. The molecule has 76 heavy (non-hydrogen) atoms. The number of fused-ring (bicyclic) bond motifs is 2. The Kier molecular flexibility index (Phi) is 17.3. The van der Waals surface area contributed by atoms with Crippen molar-refractivity contribution in [3.63, 3.8) is 0 Å². The lowest BCUT2D eigenvalue weighted by Gasteiger charge is -2.43. The number of aliphatic hydroxyl groups is 4. The lowest BCUT2D eigenvalue weighted by atomic mass is 9.90. The van der Waals surface area contributed by atoms with E-state index in [-0.39, 0.29) is 23.3 Å². The van der Waals surface area contributed by atoms with Crippen LogP contribution in [0.25, 0.3) is 21.8 Å². The normalized spacial score (nSPS) is 13.5. The molecule has 8 rings (SSSR count). The van der Waals surface area contributed by atoms with Crippen LogP contribution in [0.15, 0.2) is 158 Å². The predicted molar refractivity (Wildman–Crippen MR) is 313 cm³/mol. The fourth-order valence-electron chi connectivity index (χ4n) is 10.9. The van der Waals surface area contributed by atoms with Gasteiger partial charge in [-0.05, 0) is 120 Å². The van der Waals surface area contributed by atoms with Crippen LogP contribution in [0.3, 0.4) is 0 Å². The number of hydrogen-bond acceptors (Lipinski definition) is 10. The molecule has 400 valence electrons. The van der Waals surface area contributed by atoms with E-state index in [1.165, 1.54) is 20.7 Å². The first-order chi connectivity index (χ1) is 35.8. The zero-order chi connectivity index (χ0) is 55.4. The molecule has 0 bridgehead atoms. The largest absolute Gasteiger partial charge is 0.497 e. The predicted octanol–water partition coefficient (Wildman–Crippen LogP) is 11.2. The summed E-state index contributed by atoms with van der Waals surface area (Å²) < 4.78 is 25.6. The third-order valence-electron chi connectivity index (χ3n) is 14.4. The average molecular weight is 1060 g/mol. The van der Waals surface area contributed by atoms with Gasteiger partial charge in [0.2, 0.25) is 0 Å². The van der Waals surface area contributed by atoms with Crippen LogP contribution in [-0.4, -0.2) is 61.2 Å². The topological polar surface area (TPSA) is 144 Å². The van der Waals surface area contributed by atoms with Crippen LogP contribution in [0.1, 0.15) is 129 Å². The number of aromatic nitrogens is 2. The maximum absolute atomic E-state index is 11.1. The van der Waals surface area contributed by atoms with Crippen molar-refractivity contribution >= 4 is 59.2 Å². The van der Waals surface area contributed by atoms with Crippen LogP contribution in [0.4, 0.5) is 0 Å². The maximum Gasteiger partial charge on any atom is 0.261 e. The van der Waals surface area contributed by atoms with E-state index < -0.39 is 40.0 Å². The molecule has 0 radical (unpaired) electrons. The van der Waals surface area contributed by atoms with Gasteiger partial charge in [-0.15, -0.1) is 0 Å². The van der Waals surface area contributed by atoms with Crippen molar-refractivity contribution in [2.75, 3.05) is 14.2 Å². The minimum absolute atomic E-state index is 0.208. The van der Waals surface area contributed by atoms with Crippen LogP contribution < -0.4 is 30.2 Å². The van der Waals surface area contributed by atoms with Gasteiger partial charge in [-0.3, -0.25) is 0 Å². The van der Waals surface area contributed by atoms with Crippen molar-refractivity contribution in [3.8, 4) is 11.5 Å². The molecule has 6 aromatic carbocycles. The fourth-order valence-corrected chi connectivity index (χ4v) is 20.0. The van der Waals surface area contributed by atoms with Crippen molar-refractivity contribution < 1.29 is 38.8 Å². The van der Waals surface area contributed by atoms with E-state index in [1.807, 2.05) is 60.7 Å². The molecule has 0 saturated heterocycles. The number of hydrogen-bond donors (Lipinski definition) is 4. The highest BCUT2D eigenvalue weighted by Crippen LogP contribution is 2.43. The Morgan fingerprint density at radius 1 is 0.434 bits per heavy atom. The molecule has 0 unspecified atom stereocenters. The second-order valence-electron chi connectivity index (χ2n) is 22.8. The van der Waals surface area contributed by atoms with Crippen LogP contribution in [0.5, 0.6) is 11.5 Å². The van der Waals surface area contributed by atoms with Crippen molar-refractivity contribution in [1.29, 1.82) is 0 Å². The Bertz CT molecular complexity index is 2920. The summed E-state index contributed by atoms with van der Waals surface area (Å²) in [4.78, 5) is 9.61. The first-order valence-corrected chi connectivity index (χ1v) is 29.9. The van der Waals surface area contributed by atoms with Gasteiger partial charge in [0.25, 0.3) is 16.6 Å². The van der Waals surface area contributed by atoms with Gasteiger partial charge in [-0.25, -0.2) is 9.97 Å². The van der Waals surface area contributed by atoms with Crippen LogP contribution in [0, 0.1) is 0 Å². The fraction of sp³-hybridized carbons (Fsp3) is 0.344. The summed E-state index contributed by atoms with van der Waals surface area (Å²) in [5.74, 6) is 1.39. The quantitative estimate of drug-likeness (QED) is 0.0691. The van der Waals surface area contributed by atoms with E-state index >= 15 is 0 Å². The standard InChI is InChI=1S/2C32H39NO4Si/c2*1-22(34)29-27(26-20-23(36-7)18-19-28(26)33-30(29)32(5,6)35)21-37-38(31(2,3)4,24-14-10-8-11-15-24)25-16-12-9-13-17-25/h2*8-20,22,34-35H,21H2,1-7H3/t2*22-/m10/s1. The van der Waals surface area contributed by atoms with E-state index in [1.54, 1.807) is 55.8 Å². The molecule has 0 aliphatic carbocycles. The van der Waals surface area contributed by atoms with Crippen LogP contribution in [0.2, 0.25) is 10.1 Å². The van der Waals surface area contributed by atoms with E-state index in [9.17, 15) is 20.4 Å². The number of ether oxygens (including phenoxy) is 2. The Morgan fingerprint density at radius 3 is 0.934 bits per heavy atom. The van der Waals surface area contributed by atoms with Gasteiger partial charge in [0, 0.05) is 21.9 Å². The molecule has 12 heteroatoms. The van der Waals surface area contributed by atoms with Crippen molar-refractivity contribution in [1.82, 2.24) is 9.97 Å². The minimum atomic E-state index is -2.86. The summed E-state index contributed by atoms with van der Waals surface area (Å²) in [6, 6.07) is 53.3. The van der Waals surface area contributed by atoms with E-state index in [4.69, 9.17) is 28.3 Å². The minimum Gasteiger partial charge on any atom is -0.497 e. The van der Waals surface area contributed by atoms with Gasteiger partial charge in [-0.1, -0.05) is 163 Å². The molecule has 2 aromatic heterocycles. The summed E-state index contributed by atoms with van der Waals surface area (Å²) in [6.07, 6.45) is -1.73. The lowest BCUT2D eigenvalue weighted by Crippen LogP contribution is -2.66. The van der Waals surface area contributed by atoms with Gasteiger partial charge >= 0.3 is 0 Å². The number of rotatable bonds is 16. The molecule has 2 atom stereocenters. The van der Waals surface area contributed by atoms with Gasteiger partial charge < -0.3 is 38.8 Å². The highest BCUT2D eigenvalue weighted by molar-refractivity contribution is 7.00. The van der Waals surface area contributed by atoms with Gasteiger partial charge in [0.05, 0.1) is 62.1 Å². The number of pyridine rings is 2. The Morgan fingerprint density at radius 2 is 0.711 bits per heavy atom. The number of methoxy groups -OCH3 is 2. The second-order valence-corrected chi connectivity index (χ2v) is 31.5. The highest BCUT2D eigenvalue weighted by Gasteiger charge is 2.52. The zero-order valence-corrected chi connectivity index (χ0v) is 48.9. The molecule has 0 spiro atoms. The van der Waals surface area contributed by atoms with E-state index in [2.05, 4.69) is 139 Å². The molecule has 10 nitrogen and oxygen atoms in total. The zero-order valence-electron chi connectivity index (χ0n) is 46.9. The molecular weight excluding hydrogens is 981 g/mol. The van der Waals surface area contributed by atoms with E-state index in [0.29, 0.717) is 45.0 Å². The first-order valence-electron chi connectivity index (χ1n) is 26.1. The number of benzene rings is 6. The van der Waals surface area contributed by atoms with Gasteiger partial charge in [-0.2, -0.15) is 0 Å². The highest BCUT2D eigenvalue weighted by atomic mass is 28.4. The third-order valence-corrected chi connectivity index (χ3v) is 24.3. The van der Waals surface area contributed by atoms with E-state index in [0.717, 1.165) is 21.9 Å². The summed E-state index contributed by atoms with van der Waals surface area (Å²) in [5.41, 5.74) is 2.63. The molecular formula is C64H78N2O8Si2. The first kappa shape index (κ1) is 57.6. The Hall–Kier alpha value is -6.07. The maximum atomic E-state index is 11.1. The summed E-state index contributed by atoms with van der Waals surface area (Å²) in [6.45, 7) is 24.1. The van der Waals surface area contributed by atoms with Crippen LogP contribution >= 0.6 is 0 Å². The Balaban J connectivity index is 0.000000221. The number of nitrogens with zero attached hydrogens (tertiary/aromatic N) is 2. The molecule has 0 aliphatic heterocycles. The monoisotopic (exact) mass is 1060 g/mol. The summed E-state index contributed by atoms with van der Waals surface area (Å²) >= 11 is 0. The second kappa shape index (κ2) is 22.9. The molecule has 0 aliphatic rings. The smallest absolute Gasteiger partial charge is 0.261 e. The van der Waals surface area contributed by atoms with Gasteiger partial charge in [0.15, 0.2) is 0 Å². The number of aliphatic hydroxyl groups excluding tert-OH is 2. The average Bonchev–Trinajstić information content (AvgIpc) is 3.40. The van der Waals surface area contributed by atoms with Gasteiger partial charge in [0.1, 0.15) is 22.7 Å². The van der Waals surface area contributed by atoms with Crippen molar-refractivity contribution in [3.05, 3.63) is 191 Å². The van der Waals surface area contributed by atoms with Crippen LogP contribution in [-0.2, 0) is 33.3 Å². The summed E-state index contributed by atoms with van der Waals surface area (Å²) in [7, 11) is -2.45. The lowest BCUT2D eigenvalue weighted by molar-refractivity contribution is 0.0683. The van der Waals surface area contributed by atoms with Crippen molar-refractivity contribution in [2.24, 2.45) is 0 Å². The third kappa shape index (κ3) is 11.6. The SMILES string of the molecule is COc1ccc2nc(C(C)(C)O)c([C@@H](C)O)c(CO[Si](c3ccccc3)(c3ccccc3)C(C)(C)C)c2c1.COc1ccc2nc(C(C)(C)O)c([C@H](C)O)c(CO[Si](c3ccccc3)(c3ccccc3)C(C)(C)C)c2c1. The molecule has 4 N–H and O–H groups in total. The van der Waals surface area contributed by atoms with Crippen molar-refractivity contribution in [2.45, 2.75) is 130 Å². The molecule has 0 amide bonds. The molecule has 0 fully saturated rings. The molecule has 8 aromatic rings. The summed E-state index contributed by atoms with van der Waals surface area (Å²) in [5, 5.41) is 50.2.